The molecule has 6 nitrogen and oxygen atoms in total. The Balaban J connectivity index is 2.18. The van der Waals surface area contributed by atoms with Crippen LogP contribution in [0.5, 0.6) is 0 Å². The third-order valence-electron chi connectivity index (χ3n) is 2.81. The highest BCUT2D eigenvalue weighted by Gasteiger charge is 2.41. The maximum atomic E-state index is 11.0. The van der Waals surface area contributed by atoms with Crippen molar-refractivity contribution in [1.82, 2.24) is 9.97 Å². The van der Waals surface area contributed by atoms with Gasteiger partial charge >= 0.3 is 5.97 Å². The number of rotatable bonds is 2. The number of nitrogens with two attached hydrogens (primary N) is 1. The van der Waals surface area contributed by atoms with Crippen molar-refractivity contribution in [1.29, 1.82) is 0 Å². The molecular formula is C10H14N4O2. The maximum absolute atomic E-state index is 11.0. The van der Waals surface area contributed by atoms with E-state index < -0.39 is 11.5 Å². The van der Waals surface area contributed by atoms with E-state index in [-0.39, 0.29) is 0 Å². The molecule has 6 heteroatoms. The van der Waals surface area contributed by atoms with Gasteiger partial charge in [0.1, 0.15) is 17.2 Å². The van der Waals surface area contributed by atoms with Crippen LogP contribution in [0, 0.1) is 6.92 Å². The summed E-state index contributed by atoms with van der Waals surface area (Å²) in [6.07, 6.45) is 2.10. The third kappa shape index (κ3) is 1.83. The average Bonchev–Trinajstić information content (AvgIpc) is 2.62. The van der Waals surface area contributed by atoms with Crippen molar-refractivity contribution in [3.05, 3.63) is 18.1 Å². The zero-order valence-corrected chi connectivity index (χ0v) is 9.05. The highest BCUT2D eigenvalue weighted by Crippen LogP contribution is 2.23. The molecule has 16 heavy (non-hydrogen) atoms. The Hall–Kier alpha value is -1.69. The Bertz CT molecular complexity index is 423. The molecule has 2 rings (SSSR count). The summed E-state index contributed by atoms with van der Waals surface area (Å²) >= 11 is 0. The predicted octanol–water partition coefficient (Wildman–Crippen LogP) is -0.223. The fourth-order valence-corrected chi connectivity index (χ4v) is 1.82. The van der Waals surface area contributed by atoms with Gasteiger partial charge in [-0.05, 0) is 19.4 Å². The molecule has 1 aliphatic heterocycles. The van der Waals surface area contributed by atoms with Gasteiger partial charge in [0.15, 0.2) is 0 Å². The molecule has 1 aromatic rings. The number of aliphatic carboxylic acids is 1. The van der Waals surface area contributed by atoms with E-state index in [0.717, 1.165) is 5.82 Å². The number of carboxylic acid groups (broad SMARTS) is 1. The molecule has 0 aromatic carbocycles. The van der Waals surface area contributed by atoms with Crippen molar-refractivity contribution in [2.45, 2.75) is 18.9 Å². The van der Waals surface area contributed by atoms with E-state index in [2.05, 4.69) is 9.97 Å². The van der Waals surface area contributed by atoms with E-state index >= 15 is 0 Å². The van der Waals surface area contributed by atoms with Crippen LogP contribution >= 0.6 is 0 Å². The van der Waals surface area contributed by atoms with E-state index in [1.54, 1.807) is 19.2 Å². The minimum atomic E-state index is -1.15. The van der Waals surface area contributed by atoms with E-state index in [1.807, 2.05) is 4.90 Å². The van der Waals surface area contributed by atoms with Crippen LogP contribution in [-0.2, 0) is 4.79 Å². The van der Waals surface area contributed by atoms with Crippen LogP contribution in [0.15, 0.2) is 12.3 Å². The number of aryl methyl sites for hydroxylation is 1. The molecule has 86 valence electrons. The Morgan fingerprint density at radius 3 is 3.00 bits per heavy atom. The van der Waals surface area contributed by atoms with Gasteiger partial charge in [-0.1, -0.05) is 0 Å². The standard InChI is InChI=1S/C10H14N4O2/c1-7-12-4-2-8(13-7)14-5-3-10(11,6-14)9(15)16/h2,4H,3,5-6,11H2,1H3,(H,15,16). The van der Waals surface area contributed by atoms with E-state index in [1.165, 1.54) is 0 Å². The summed E-state index contributed by atoms with van der Waals surface area (Å²) in [6.45, 7) is 2.70. The lowest BCUT2D eigenvalue weighted by molar-refractivity contribution is -0.142. The minimum Gasteiger partial charge on any atom is -0.480 e. The summed E-state index contributed by atoms with van der Waals surface area (Å²) in [7, 11) is 0. The van der Waals surface area contributed by atoms with Crippen LogP contribution in [-0.4, -0.2) is 39.7 Å². The van der Waals surface area contributed by atoms with Gasteiger partial charge in [-0.2, -0.15) is 0 Å². The predicted molar refractivity (Wildman–Crippen MR) is 58.2 cm³/mol. The van der Waals surface area contributed by atoms with E-state index in [9.17, 15) is 4.79 Å². The van der Waals surface area contributed by atoms with Crippen LogP contribution < -0.4 is 10.6 Å². The molecule has 0 aliphatic carbocycles. The first kappa shape index (κ1) is 10.8. The molecule has 1 saturated heterocycles. The average molecular weight is 222 g/mol. The maximum Gasteiger partial charge on any atom is 0.325 e. The molecule has 1 aliphatic rings. The Morgan fingerprint density at radius 1 is 1.69 bits per heavy atom. The highest BCUT2D eigenvalue weighted by molar-refractivity contribution is 5.80. The molecule has 1 atom stereocenters. The van der Waals surface area contributed by atoms with Crippen molar-refractivity contribution in [2.75, 3.05) is 18.0 Å². The molecule has 0 saturated carbocycles. The first-order valence-electron chi connectivity index (χ1n) is 5.08. The van der Waals surface area contributed by atoms with Crippen molar-refractivity contribution < 1.29 is 9.90 Å². The molecule has 0 radical (unpaired) electrons. The lowest BCUT2D eigenvalue weighted by Gasteiger charge is -2.20. The van der Waals surface area contributed by atoms with Gasteiger partial charge in [0.25, 0.3) is 0 Å². The fraction of sp³-hybridized carbons (Fsp3) is 0.500. The van der Waals surface area contributed by atoms with E-state index in [4.69, 9.17) is 10.8 Å². The summed E-state index contributed by atoms with van der Waals surface area (Å²) < 4.78 is 0. The van der Waals surface area contributed by atoms with Crippen LogP contribution in [0.2, 0.25) is 0 Å². The topological polar surface area (TPSA) is 92.3 Å². The lowest BCUT2D eigenvalue weighted by atomic mass is 10.0. The lowest BCUT2D eigenvalue weighted by Crippen LogP contribution is -2.50. The SMILES string of the molecule is Cc1nccc(N2CCC(N)(C(=O)O)C2)n1. The number of carbonyl (C=O) groups is 1. The van der Waals surface area contributed by atoms with Gasteiger partial charge in [-0.25, -0.2) is 9.97 Å². The number of aromatic nitrogens is 2. The van der Waals surface area contributed by atoms with Crippen LogP contribution in [0.1, 0.15) is 12.2 Å². The zero-order valence-electron chi connectivity index (χ0n) is 9.05. The fourth-order valence-electron chi connectivity index (χ4n) is 1.82. The molecule has 1 unspecified atom stereocenters. The Labute approximate surface area is 93.1 Å². The van der Waals surface area contributed by atoms with Crippen molar-refractivity contribution in [3.63, 3.8) is 0 Å². The summed E-state index contributed by atoms with van der Waals surface area (Å²) in [5.74, 6) is 0.448. The molecule has 1 aromatic heterocycles. The number of nitrogens with zero attached hydrogens (tertiary/aromatic N) is 3. The smallest absolute Gasteiger partial charge is 0.325 e. The molecule has 0 amide bonds. The molecule has 0 spiro atoms. The number of carboxylic acids is 1. The highest BCUT2D eigenvalue weighted by atomic mass is 16.4. The summed E-state index contributed by atoms with van der Waals surface area (Å²) in [4.78, 5) is 21.1. The van der Waals surface area contributed by atoms with Crippen LogP contribution in [0.4, 0.5) is 5.82 Å². The first-order chi connectivity index (χ1) is 7.51. The third-order valence-corrected chi connectivity index (χ3v) is 2.81. The second-order valence-corrected chi connectivity index (χ2v) is 4.09. The molecule has 2 heterocycles. The normalized spacial score (nSPS) is 24.8. The van der Waals surface area contributed by atoms with Crippen molar-refractivity contribution in [2.24, 2.45) is 5.73 Å². The summed E-state index contributed by atoms with van der Waals surface area (Å²) in [5, 5.41) is 9.01. The summed E-state index contributed by atoms with van der Waals surface area (Å²) in [5.41, 5.74) is 4.63. The number of hydrogen-bond acceptors (Lipinski definition) is 5. The largest absolute Gasteiger partial charge is 0.480 e. The molecular weight excluding hydrogens is 208 g/mol. The quantitative estimate of drug-likeness (QED) is 0.718. The second-order valence-electron chi connectivity index (χ2n) is 4.09. The Morgan fingerprint density at radius 2 is 2.44 bits per heavy atom. The summed E-state index contributed by atoms with van der Waals surface area (Å²) in [6, 6.07) is 1.76. The molecule has 1 fully saturated rings. The van der Waals surface area contributed by atoms with Gasteiger partial charge in [-0.3, -0.25) is 4.79 Å². The monoisotopic (exact) mass is 222 g/mol. The number of hydrogen-bond donors (Lipinski definition) is 2. The van der Waals surface area contributed by atoms with Gasteiger partial charge in [-0.15, -0.1) is 0 Å². The number of anilines is 1. The van der Waals surface area contributed by atoms with Gasteiger partial charge in [0.05, 0.1) is 0 Å². The molecule has 3 N–H and O–H groups in total. The van der Waals surface area contributed by atoms with E-state index in [0.29, 0.717) is 25.3 Å². The van der Waals surface area contributed by atoms with Gasteiger partial charge < -0.3 is 15.7 Å². The molecule has 0 bridgehead atoms. The van der Waals surface area contributed by atoms with Gasteiger partial charge in [0.2, 0.25) is 0 Å². The van der Waals surface area contributed by atoms with Crippen LogP contribution in [0.25, 0.3) is 0 Å². The van der Waals surface area contributed by atoms with Crippen molar-refractivity contribution in [3.8, 4) is 0 Å². The Kier molecular flexibility index (Phi) is 2.51. The van der Waals surface area contributed by atoms with Crippen LogP contribution in [0.3, 0.4) is 0 Å². The van der Waals surface area contributed by atoms with Crippen molar-refractivity contribution >= 4 is 11.8 Å². The minimum absolute atomic E-state index is 0.290. The van der Waals surface area contributed by atoms with Gasteiger partial charge in [0, 0.05) is 19.3 Å². The first-order valence-corrected chi connectivity index (χ1v) is 5.08. The second kappa shape index (κ2) is 3.71. The zero-order chi connectivity index (χ0) is 11.8.